The van der Waals surface area contributed by atoms with Crippen molar-refractivity contribution in [2.24, 2.45) is 0 Å². The van der Waals surface area contributed by atoms with Gasteiger partial charge in [-0.3, -0.25) is 4.90 Å². The molecule has 0 saturated carbocycles. The van der Waals surface area contributed by atoms with Crippen molar-refractivity contribution in [1.82, 2.24) is 4.90 Å². The summed E-state index contributed by atoms with van der Waals surface area (Å²) in [5.74, 6) is 0. The maximum atomic E-state index is 11.1. The molecule has 1 aromatic rings. The molecule has 14 heavy (non-hydrogen) atoms. The van der Waals surface area contributed by atoms with E-state index in [1.807, 2.05) is 30.3 Å². The van der Waals surface area contributed by atoms with Gasteiger partial charge in [0.2, 0.25) is 0 Å². The van der Waals surface area contributed by atoms with Gasteiger partial charge in [-0.1, -0.05) is 30.3 Å². The average molecular weight is 193 g/mol. The molecule has 0 aliphatic carbocycles. The first-order valence-electron chi connectivity index (χ1n) is 4.42. The van der Waals surface area contributed by atoms with Gasteiger partial charge < -0.3 is 9.84 Å². The van der Waals surface area contributed by atoms with Crippen LogP contribution in [0.3, 0.4) is 0 Å². The highest BCUT2D eigenvalue weighted by molar-refractivity contribution is 5.70. The molecule has 2 rings (SSSR count). The predicted molar refractivity (Wildman–Crippen MR) is 49.5 cm³/mol. The maximum absolute atomic E-state index is 11.1. The van der Waals surface area contributed by atoms with Crippen LogP contribution >= 0.6 is 0 Å². The minimum atomic E-state index is -0.457. The largest absolute Gasteiger partial charge is 0.447 e. The number of benzene rings is 1. The number of nitrogens with zero attached hydrogens (tertiary/aromatic N) is 1. The third-order valence-electron chi connectivity index (χ3n) is 2.31. The van der Waals surface area contributed by atoms with Crippen molar-refractivity contribution in [2.45, 2.75) is 6.04 Å². The molecule has 1 aliphatic rings. The number of hydrogen-bond acceptors (Lipinski definition) is 3. The zero-order chi connectivity index (χ0) is 9.97. The molecular formula is C10H11NO3. The Balaban J connectivity index is 2.23. The van der Waals surface area contributed by atoms with Gasteiger partial charge in [0, 0.05) is 0 Å². The van der Waals surface area contributed by atoms with Gasteiger partial charge in [0.15, 0.2) is 0 Å². The zero-order valence-electron chi connectivity index (χ0n) is 7.59. The van der Waals surface area contributed by atoms with E-state index in [-0.39, 0.29) is 12.8 Å². The fraction of sp³-hybridized carbons (Fsp3) is 0.300. The van der Waals surface area contributed by atoms with Crippen molar-refractivity contribution in [1.29, 1.82) is 0 Å². The topological polar surface area (TPSA) is 49.8 Å². The highest BCUT2D eigenvalue weighted by Gasteiger charge is 2.33. The summed E-state index contributed by atoms with van der Waals surface area (Å²) in [6, 6.07) is 9.37. The van der Waals surface area contributed by atoms with E-state index in [0.717, 1.165) is 5.56 Å². The van der Waals surface area contributed by atoms with E-state index in [0.29, 0.717) is 6.61 Å². The number of hydrogen-bond donors (Lipinski definition) is 1. The molecule has 1 fully saturated rings. The highest BCUT2D eigenvalue weighted by Crippen LogP contribution is 2.26. The minimum absolute atomic E-state index is 0.159. The van der Waals surface area contributed by atoms with E-state index in [2.05, 4.69) is 0 Å². The number of cyclic esters (lactones) is 1. The molecule has 1 saturated heterocycles. The van der Waals surface area contributed by atoms with E-state index in [4.69, 9.17) is 9.84 Å². The van der Waals surface area contributed by atoms with Crippen LogP contribution in [0.25, 0.3) is 0 Å². The monoisotopic (exact) mass is 193 g/mol. The summed E-state index contributed by atoms with van der Waals surface area (Å²) >= 11 is 0. The van der Waals surface area contributed by atoms with E-state index < -0.39 is 6.09 Å². The second-order valence-corrected chi connectivity index (χ2v) is 3.11. The maximum Gasteiger partial charge on any atom is 0.412 e. The number of carbonyl (C=O) groups is 1. The normalized spacial score (nSPS) is 21.1. The smallest absolute Gasteiger partial charge is 0.412 e. The summed E-state index contributed by atoms with van der Waals surface area (Å²) in [6.07, 6.45) is -0.457. The van der Waals surface area contributed by atoms with Gasteiger partial charge in [-0.15, -0.1) is 0 Å². The molecule has 0 spiro atoms. The Kier molecular flexibility index (Phi) is 2.37. The Morgan fingerprint density at radius 2 is 2.14 bits per heavy atom. The van der Waals surface area contributed by atoms with Crippen LogP contribution in [0.2, 0.25) is 0 Å². The van der Waals surface area contributed by atoms with Crippen molar-refractivity contribution in [3.63, 3.8) is 0 Å². The van der Waals surface area contributed by atoms with Crippen LogP contribution in [0.1, 0.15) is 11.6 Å². The first-order chi connectivity index (χ1) is 6.83. The SMILES string of the molecule is O=C1OC[C@H](c2ccccc2)N1CO. The fourth-order valence-electron chi connectivity index (χ4n) is 1.56. The Hall–Kier alpha value is -1.55. The molecule has 1 heterocycles. The van der Waals surface area contributed by atoms with E-state index in [1.165, 1.54) is 4.90 Å². The minimum Gasteiger partial charge on any atom is -0.447 e. The molecule has 74 valence electrons. The molecule has 0 aromatic heterocycles. The van der Waals surface area contributed by atoms with Gasteiger partial charge >= 0.3 is 6.09 Å². The summed E-state index contributed by atoms with van der Waals surface area (Å²) < 4.78 is 4.85. The lowest BCUT2D eigenvalue weighted by atomic mass is 10.1. The average Bonchev–Trinajstić information content (AvgIpc) is 2.61. The molecule has 1 aliphatic heterocycles. The number of carbonyl (C=O) groups excluding carboxylic acids is 1. The molecule has 0 bridgehead atoms. The van der Waals surface area contributed by atoms with Gasteiger partial charge in [0.05, 0.1) is 6.04 Å². The van der Waals surface area contributed by atoms with Gasteiger partial charge in [0.25, 0.3) is 0 Å². The fourth-order valence-corrected chi connectivity index (χ4v) is 1.56. The Bertz CT molecular complexity index is 325. The van der Waals surface area contributed by atoms with Gasteiger partial charge in [0.1, 0.15) is 13.3 Å². The van der Waals surface area contributed by atoms with Gasteiger partial charge in [-0.25, -0.2) is 4.79 Å². The number of rotatable bonds is 2. The van der Waals surface area contributed by atoms with E-state index in [1.54, 1.807) is 0 Å². The molecular weight excluding hydrogens is 182 g/mol. The predicted octanol–water partition coefficient (Wildman–Crippen LogP) is 1.13. The lowest BCUT2D eigenvalue weighted by molar-refractivity contribution is 0.106. The molecule has 1 N–H and O–H groups in total. The van der Waals surface area contributed by atoms with E-state index in [9.17, 15) is 4.79 Å². The molecule has 4 heteroatoms. The van der Waals surface area contributed by atoms with Crippen LogP contribution in [-0.2, 0) is 4.74 Å². The van der Waals surface area contributed by atoms with Crippen molar-refractivity contribution in [3.8, 4) is 0 Å². The van der Waals surface area contributed by atoms with Crippen LogP contribution in [0, 0.1) is 0 Å². The second kappa shape index (κ2) is 3.67. The van der Waals surface area contributed by atoms with Crippen LogP contribution in [-0.4, -0.2) is 29.4 Å². The van der Waals surface area contributed by atoms with Crippen LogP contribution in [0.5, 0.6) is 0 Å². The summed E-state index contributed by atoms with van der Waals surface area (Å²) in [6.45, 7) is 0.00179. The number of amides is 1. The Morgan fingerprint density at radius 1 is 1.43 bits per heavy atom. The lowest BCUT2D eigenvalue weighted by Gasteiger charge is -2.18. The number of ether oxygens (including phenoxy) is 1. The molecule has 1 amide bonds. The highest BCUT2D eigenvalue weighted by atomic mass is 16.6. The molecule has 4 nitrogen and oxygen atoms in total. The number of aliphatic hydroxyl groups excluding tert-OH is 1. The number of aliphatic hydroxyl groups is 1. The molecule has 1 atom stereocenters. The summed E-state index contributed by atoms with van der Waals surface area (Å²) in [4.78, 5) is 12.4. The molecule has 0 radical (unpaired) electrons. The van der Waals surface area contributed by atoms with Crippen molar-refractivity contribution >= 4 is 6.09 Å². The Labute approximate surface area is 81.7 Å². The first-order valence-corrected chi connectivity index (χ1v) is 4.42. The van der Waals surface area contributed by atoms with Crippen LogP contribution in [0.15, 0.2) is 30.3 Å². The second-order valence-electron chi connectivity index (χ2n) is 3.11. The third-order valence-corrected chi connectivity index (χ3v) is 2.31. The van der Waals surface area contributed by atoms with Gasteiger partial charge in [-0.2, -0.15) is 0 Å². The lowest BCUT2D eigenvalue weighted by Crippen LogP contribution is -2.28. The summed E-state index contributed by atoms with van der Waals surface area (Å²) in [5.41, 5.74) is 0.979. The third kappa shape index (κ3) is 1.44. The summed E-state index contributed by atoms with van der Waals surface area (Å²) in [7, 11) is 0. The molecule has 1 aromatic carbocycles. The Morgan fingerprint density at radius 3 is 2.79 bits per heavy atom. The van der Waals surface area contributed by atoms with E-state index >= 15 is 0 Å². The first kappa shape index (κ1) is 9.02. The van der Waals surface area contributed by atoms with Crippen molar-refractivity contribution in [3.05, 3.63) is 35.9 Å². The molecule has 0 unspecified atom stereocenters. The summed E-state index contributed by atoms with van der Waals surface area (Å²) in [5, 5.41) is 8.99. The standard InChI is InChI=1S/C10H11NO3/c12-7-11-9(6-14-10(11)13)8-4-2-1-3-5-8/h1-5,9,12H,6-7H2/t9-/m1/s1. The van der Waals surface area contributed by atoms with Crippen molar-refractivity contribution < 1.29 is 14.6 Å². The van der Waals surface area contributed by atoms with Crippen molar-refractivity contribution in [2.75, 3.05) is 13.3 Å². The zero-order valence-corrected chi connectivity index (χ0v) is 7.59. The van der Waals surface area contributed by atoms with Gasteiger partial charge in [-0.05, 0) is 5.56 Å². The van der Waals surface area contributed by atoms with Crippen LogP contribution in [0.4, 0.5) is 4.79 Å². The quantitative estimate of drug-likeness (QED) is 0.766. The van der Waals surface area contributed by atoms with Crippen LogP contribution < -0.4 is 0 Å².